The topological polar surface area (TPSA) is 93.1 Å². The van der Waals surface area contributed by atoms with Gasteiger partial charge in [0.15, 0.2) is 0 Å². The zero-order chi connectivity index (χ0) is 21.8. The van der Waals surface area contributed by atoms with Gasteiger partial charge in [-0.15, -0.1) is 0 Å². The summed E-state index contributed by atoms with van der Waals surface area (Å²) in [5.41, 5.74) is 3.25. The van der Waals surface area contributed by atoms with Gasteiger partial charge < -0.3 is 10.6 Å². The van der Waals surface area contributed by atoms with E-state index in [0.29, 0.717) is 22.0 Å². The minimum atomic E-state index is -0.571. The predicted molar refractivity (Wildman–Crippen MR) is 118 cm³/mol. The van der Waals surface area contributed by atoms with Crippen molar-refractivity contribution >= 4 is 34.8 Å². The SMILES string of the molecule is CC(=O)Nc1cc(-c2ccc(Cl)cc2)nn(CC(=O)Nc2cc(C)cc(C)c2)c1=O. The molecule has 0 atom stereocenters. The first-order valence-corrected chi connectivity index (χ1v) is 9.63. The molecule has 8 heteroatoms. The minimum Gasteiger partial charge on any atom is -0.324 e. The largest absolute Gasteiger partial charge is 0.324 e. The van der Waals surface area contributed by atoms with Crippen LogP contribution in [0.2, 0.25) is 5.02 Å². The fourth-order valence-corrected chi connectivity index (χ4v) is 3.20. The summed E-state index contributed by atoms with van der Waals surface area (Å²) in [7, 11) is 0. The lowest BCUT2D eigenvalue weighted by Crippen LogP contribution is -2.32. The van der Waals surface area contributed by atoms with Crippen LogP contribution in [0.3, 0.4) is 0 Å². The van der Waals surface area contributed by atoms with E-state index >= 15 is 0 Å². The van der Waals surface area contributed by atoms with Crippen LogP contribution in [0.1, 0.15) is 18.1 Å². The summed E-state index contributed by atoms with van der Waals surface area (Å²) in [6.45, 7) is 4.87. The normalized spacial score (nSPS) is 10.5. The van der Waals surface area contributed by atoms with Crippen LogP contribution in [0, 0.1) is 13.8 Å². The Bertz CT molecular complexity index is 1150. The zero-order valence-electron chi connectivity index (χ0n) is 16.8. The highest BCUT2D eigenvalue weighted by Gasteiger charge is 2.14. The summed E-state index contributed by atoms with van der Waals surface area (Å²) in [5.74, 6) is -0.803. The van der Waals surface area contributed by atoms with Crippen LogP contribution in [0.15, 0.2) is 53.3 Å². The Labute approximate surface area is 178 Å². The second-order valence-corrected chi connectivity index (χ2v) is 7.46. The number of aromatic nitrogens is 2. The van der Waals surface area contributed by atoms with Crippen molar-refractivity contribution in [2.24, 2.45) is 0 Å². The highest BCUT2D eigenvalue weighted by atomic mass is 35.5. The van der Waals surface area contributed by atoms with Crippen molar-refractivity contribution in [1.29, 1.82) is 0 Å². The number of hydrogen-bond acceptors (Lipinski definition) is 4. The number of aryl methyl sites for hydroxylation is 2. The van der Waals surface area contributed by atoms with Gasteiger partial charge in [0, 0.05) is 23.2 Å². The van der Waals surface area contributed by atoms with E-state index in [0.717, 1.165) is 15.8 Å². The molecule has 0 aliphatic rings. The van der Waals surface area contributed by atoms with Crippen LogP contribution in [0.4, 0.5) is 11.4 Å². The van der Waals surface area contributed by atoms with E-state index < -0.39 is 17.4 Å². The molecule has 3 aromatic rings. The van der Waals surface area contributed by atoms with Crippen LogP contribution in [-0.2, 0) is 16.1 Å². The van der Waals surface area contributed by atoms with Gasteiger partial charge in [-0.1, -0.05) is 29.8 Å². The second kappa shape index (κ2) is 8.92. The molecule has 0 bridgehead atoms. The van der Waals surface area contributed by atoms with Crippen molar-refractivity contribution in [3.05, 3.63) is 75.0 Å². The van der Waals surface area contributed by atoms with E-state index in [1.165, 1.54) is 13.0 Å². The average Bonchev–Trinajstić information content (AvgIpc) is 2.64. The molecule has 2 amide bonds. The number of benzene rings is 2. The van der Waals surface area contributed by atoms with E-state index in [4.69, 9.17) is 11.6 Å². The van der Waals surface area contributed by atoms with Crippen molar-refractivity contribution in [3.63, 3.8) is 0 Å². The molecule has 30 heavy (non-hydrogen) atoms. The molecule has 3 rings (SSSR count). The molecule has 1 aromatic heterocycles. The summed E-state index contributed by atoms with van der Waals surface area (Å²) in [6, 6.07) is 14.0. The molecule has 154 valence electrons. The molecular weight excluding hydrogens is 404 g/mol. The molecular formula is C22H21ClN4O3. The number of amides is 2. The molecule has 1 heterocycles. The smallest absolute Gasteiger partial charge is 0.291 e. The number of carbonyl (C=O) groups excluding carboxylic acids is 2. The maximum atomic E-state index is 12.7. The third kappa shape index (κ3) is 5.33. The van der Waals surface area contributed by atoms with Gasteiger partial charge in [0.05, 0.1) is 5.69 Å². The Morgan fingerprint density at radius 1 is 1.00 bits per heavy atom. The third-order valence-electron chi connectivity index (χ3n) is 4.22. The van der Waals surface area contributed by atoms with Crippen LogP contribution >= 0.6 is 11.6 Å². The lowest BCUT2D eigenvalue weighted by Gasteiger charge is -2.12. The zero-order valence-corrected chi connectivity index (χ0v) is 17.6. The highest BCUT2D eigenvalue weighted by Crippen LogP contribution is 2.21. The Balaban J connectivity index is 1.94. The Hall–Kier alpha value is -3.45. The van der Waals surface area contributed by atoms with E-state index in [1.54, 1.807) is 24.3 Å². The number of halogens is 1. The molecule has 0 saturated carbocycles. The fraction of sp³-hybridized carbons (Fsp3) is 0.182. The average molecular weight is 425 g/mol. The molecule has 0 unspecified atom stereocenters. The van der Waals surface area contributed by atoms with Crippen molar-refractivity contribution in [2.75, 3.05) is 10.6 Å². The lowest BCUT2D eigenvalue weighted by atomic mass is 10.1. The van der Waals surface area contributed by atoms with Gasteiger partial charge in [-0.05, 0) is 55.3 Å². The molecule has 0 radical (unpaired) electrons. The first-order chi connectivity index (χ1) is 14.2. The maximum Gasteiger partial charge on any atom is 0.291 e. The van der Waals surface area contributed by atoms with E-state index in [9.17, 15) is 14.4 Å². The third-order valence-corrected chi connectivity index (χ3v) is 4.48. The van der Waals surface area contributed by atoms with Gasteiger partial charge in [0.1, 0.15) is 12.2 Å². The highest BCUT2D eigenvalue weighted by molar-refractivity contribution is 6.30. The number of hydrogen-bond donors (Lipinski definition) is 2. The minimum absolute atomic E-state index is 0.0432. The summed E-state index contributed by atoms with van der Waals surface area (Å²) < 4.78 is 1.03. The molecule has 7 nitrogen and oxygen atoms in total. The summed E-state index contributed by atoms with van der Waals surface area (Å²) in [6.07, 6.45) is 0. The van der Waals surface area contributed by atoms with Gasteiger partial charge in [0.25, 0.3) is 5.56 Å². The van der Waals surface area contributed by atoms with Gasteiger partial charge in [-0.2, -0.15) is 5.10 Å². The maximum absolute atomic E-state index is 12.7. The van der Waals surface area contributed by atoms with E-state index in [-0.39, 0.29) is 12.2 Å². The quantitative estimate of drug-likeness (QED) is 0.651. The summed E-state index contributed by atoms with van der Waals surface area (Å²) in [4.78, 5) is 36.8. The van der Waals surface area contributed by atoms with Gasteiger partial charge in [0.2, 0.25) is 11.8 Å². The number of nitrogens with one attached hydrogen (secondary N) is 2. The van der Waals surface area contributed by atoms with Crippen molar-refractivity contribution in [3.8, 4) is 11.3 Å². The molecule has 2 N–H and O–H groups in total. The number of anilines is 2. The predicted octanol–water partition coefficient (Wildman–Crippen LogP) is 3.78. The van der Waals surface area contributed by atoms with Crippen LogP contribution in [-0.4, -0.2) is 21.6 Å². The van der Waals surface area contributed by atoms with E-state index in [1.807, 2.05) is 32.0 Å². The molecule has 0 aliphatic carbocycles. The van der Waals surface area contributed by atoms with Gasteiger partial charge in [-0.3, -0.25) is 14.4 Å². The molecule has 2 aromatic carbocycles. The Kier molecular flexibility index (Phi) is 6.32. The van der Waals surface area contributed by atoms with E-state index in [2.05, 4.69) is 15.7 Å². The first-order valence-electron chi connectivity index (χ1n) is 9.25. The lowest BCUT2D eigenvalue weighted by molar-refractivity contribution is -0.117. The Morgan fingerprint density at radius 3 is 2.23 bits per heavy atom. The summed E-state index contributed by atoms with van der Waals surface area (Å²) in [5, 5.41) is 10.1. The van der Waals surface area contributed by atoms with Gasteiger partial charge in [-0.25, -0.2) is 4.68 Å². The fourth-order valence-electron chi connectivity index (χ4n) is 3.07. The number of nitrogens with zero attached hydrogens (tertiary/aromatic N) is 2. The number of carbonyl (C=O) groups is 2. The second-order valence-electron chi connectivity index (χ2n) is 7.02. The monoisotopic (exact) mass is 424 g/mol. The standard InChI is InChI=1S/C22H21ClN4O3/c1-13-8-14(2)10-18(9-13)25-21(29)12-27-22(30)20(24-15(3)28)11-19(26-27)16-4-6-17(23)7-5-16/h4-11H,12H2,1-3H3,(H,24,28)(H,25,29). The van der Waals surface area contributed by atoms with Gasteiger partial charge >= 0.3 is 0 Å². The first kappa shape index (κ1) is 21.3. The Morgan fingerprint density at radius 2 is 1.63 bits per heavy atom. The molecule has 0 saturated heterocycles. The van der Waals surface area contributed by atoms with Crippen LogP contribution in [0.5, 0.6) is 0 Å². The summed E-state index contributed by atoms with van der Waals surface area (Å²) >= 11 is 5.94. The molecule has 0 aliphatic heterocycles. The molecule has 0 spiro atoms. The van der Waals surface area contributed by atoms with Crippen molar-refractivity contribution < 1.29 is 9.59 Å². The van der Waals surface area contributed by atoms with Crippen LogP contribution in [0.25, 0.3) is 11.3 Å². The van der Waals surface area contributed by atoms with Crippen molar-refractivity contribution in [1.82, 2.24) is 9.78 Å². The number of rotatable bonds is 5. The molecule has 0 fully saturated rings. The van der Waals surface area contributed by atoms with Crippen LogP contribution < -0.4 is 16.2 Å². The van der Waals surface area contributed by atoms with Crippen molar-refractivity contribution in [2.45, 2.75) is 27.3 Å².